The molecule has 2 aliphatic rings. The normalized spacial score (nSPS) is 30.4. The number of carboxylic acid groups (broad SMARTS) is 3. The molecule has 0 amide bonds. The van der Waals surface area contributed by atoms with E-state index in [0.29, 0.717) is 0 Å². The van der Waals surface area contributed by atoms with Crippen LogP contribution in [0, 0.1) is 11.8 Å². The molecule has 0 saturated carbocycles. The molecule has 0 radical (unpaired) electrons. The van der Waals surface area contributed by atoms with Crippen molar-refractivity contribution in [3.8, 4) is 0 Å². The van der Waals surface area contributed by atoms with Gasteiger partial charge in [-0.3, -0.25) is 24.2 Å². The second kappa shape index (κ2) is 21.5. The van der Waals surface area contributed by atoms with Gasteiger partial charge >= 0.3 is 23.9 Å². The zero-order valence-electron chi connectivity index (χ0n) is 27.4. The summed E-state index contributed by atoms with van der Waals surface area (Å²) in [6, 6.07) is -2.01. The Bertz CT molecular complexity index is 1030. The van der Waals surface area contributed by atoms with Gasteiger partial charge in [0, 0.05) is 39.1 Å². The molecular formula is C28H50N4O17. The minimum atomic E-state index is -1.33. The van der Waals surface area contributed by atoms with Crippen molar-refractivity contribution in [2.75, 3.05) is 93.1 Å². The first-order valence-corrected chi connectivity index (χ1v) is 15.5. The van der Waals surface area contributed by atoms with Gasteiger partial charge in [0.05, 0.1) is 108 Å². The molecular weight excluding hydrogens is 664 g/mol. The molecule has 4 unspecified atom stereocenters. The van der Waals surface area contributed by atoms with Gasteiger partial charge in [0.1, 0.15) is 6.10 Å². The molecule has 0 spiro atoms. The van der Waals surface area contributed by atoms with E-state index in [0.717, 1.165) is 9.80 Å². The fourth-order valence-corrected chi connectivity index (χ4v) is 5.78. The van der Waals surface area contributed by atoms with E-state index in [2.05, 4.69) is 5.48 Å². The number of nitrogens with one attached hydrogen (secondary N) is 1. The van der Waals surface area contributed by atoms with Crippen LogP contribution in [0.1, 0.15) is 0 Å². The number of nitrogens with zero attached hydrogens (tertiary/aromatic N) is 2. The summed E-state index contributed by atoms with van der Waals surface area (Å²) in [7, 11) is 2.82. The Labute approximate surface area is 282 Å². The molecule has 0 aromatic heterocycles. The standard InChI is InChI=1S/C28H50N4O17/c1-44-11-15-17(9-33)48-20(14-46-12-16-18(10-34)47-19(13-45-2)25(29)27(16)42)26(28(15)43)30-49-24(41)8-32(7-23(39)40)4-3-31(5-21(35)36)6-22(37)38/h15-20,25-28,30,33-34,42-43H,3-14,29H2,1-2H3,(H,35,36)(H,37,38)(H,39,40)/t15-,16-,17?,18?,19+,20+,25?,26?,27-,28-/m1/s1. The SMILES string of the molecule is COC[C@@H]1OC(CO)[C@@H](COC[C@@H]2OC(CO)[C@@H](COC)[C@@H](O)C2NOC(=O)CN(CCN(CC(=O)O)CC(=O)O)CC(=O)O)[C@@H](O)C1N. The Morgan fingerprint density at radius 1 is 0.694 bits per heavy atom. The lowest BCUT2D eigenvalue weighted by Gasteiger charge is -2.45. The Morgan fingerprint density at radius 2 is 1.18 bits per heavy atom. The second-order valence-corrected chi connectivity index (χ2v) is 11.8. The number of hydrogen-bond acceptors (Lipinski definition) is 18. The third kappa shape index (κ3) is 13.5. The van der Waals surface area contributed by atoms with E-state index in [1.165, 1.54) is 14.2 Å². The van der Waals surface area contributed by atoms with Crippen molar-refractivity contribution >= 4 is 23.9 Å². The van der Waals surface area contributed by atoms with Gasteiger partial charge in [-0.1, -0.05) is 0 Å². The number of methoxy groups -OCH3 is 2. The summed E-state index contributed by atoms with van der Waals surface area (Å²) in [4.78, 5) is 53.8. The molecule has 2 fully saturated rings. The number of hydrogen-bond donors (Lipinski definition) is 9. The number of hydroxylamine groups is 1. The average Bonchev–Trinajstić information content (AvgIpc) is 3.03. The monoisotopic (exact) mass is 714 g/mol. The van der Waals surface area contributed by atoms with Gasteiger partial charge in [-0.2, -0.15) is 0 Å². The number of aliphatic carboxylic acids is 3. The molecule has 0 bridgehead atoms. The van der Waals surface area contributed by atoms with E-state index in [-0.39, 0.29) is 39.5 Å². The van der Waals surface area contributed by atoms with Crippen molar-refractivity contribution in [2.45, 2.75) is 48.7 Å². The summed E-state index contributed by atoms with van der Waals surface area (Å²) in [5.41, 5.74) is 8.56. The van der Waals surface area contributed by atoms with E-state index in [1.54, 1.807) is 0 Å². The molecule has 49 heavy (non-hydrogen) atoms. The highest BCUT2D eigenvalue weighted by Crippen LogP contribution is 2.29. The number of carboxylic acids is 3. The van der Waals surface area contributed by atoms with Crippen molar-refractivity contribution in [3.05, 3.63) is 0 Å². The molecule has 2 aliphatic heterocycles. The third-order valence-corrected chi connectivity index (χ3v) is 8.24. The predicted molar refractivity (Wildman–Crippen MR) is 162 cm³/mol. The lowest BCUT2D eigenvalue weighted by molar-refractivity contribution is -0.219. The molecule has 10 N–H and O–H groups in total. The van der Waals surface area contributed by atoms with Gasteiger partial charge in [-0.25, -0.2) is 4.79 Å². The number of aliphatic hydroxyl groups is 4. The van der Waals surface area contributed by atoms with Crippen molar-refractivity contribution in [2.24, 2.45) is 17.6 Å². The van der Waals surface area contributed by atoms with Crippen molar-refractivity contribution < 1.29 is 83.4 Å². The maximum Gasteiger partial charge on any atom is 0.338 e. The fraction of sp³-hybridized carbons (Fsp3) is 0.857. The quantitative estimate of drug-likeness (QED) is 0.0446. The lowest BCUT2D eigenvalue weighted by Crippen LogP contribution is -2.63. The van der Waals surface area contributed by atoms with Crippen LogP contribution in [0.4, 0.5) is 0 Å². The largest absolute Gasteiger partial charge is 0.480 e. The summed E-state index contributed by atoms with van der Waals surface area (Å²) in [6.07, 6.45) is -5.96. The highest BCUT2D eigenvalue weighted by molar-refractivity contribution is 5.74. The van der Waals surface area contributed by atoms with Crippen LogP contribution in [0.3, 0.4) is 0 Å². The smallest absolute Gasteiger partial charge is 0.338 e. The Hall–Kier alpha value is -2.64. The first-order valence-electron chi connectivity index (χ1n) is 15.5. The topological polar surface area (TPSA) is 310 Å². The molecule has 284 valence electrons. The Balaban J connectivity index is 2.11. The van der Waals surface area contributed by atoms with E-state index in [1.807, 2.05) is 0 Å². The molecule has 2 heterocycles. The van der Waals surface area contributed by atoms with Crippen molar-refractivity contribution in [1.82, 2.24) is 15.3 Å². The van der Waals surface area contributed by atoms with Crippen LogP contribution in [0.5, 0.6) is 0 Å². The van der Waals surface area contributed by atoms with Gasteiger partial charge in [0.15, 0.2) is 0 Å². The van der Waals surface area contributed by atoms with E-state index >= 15 is 0 Å². The van der Waals surface area contributed by atoms with Crippen molar-refractivity contribution in [1.29, 1.82) is 0 Å². The number of nitrogens with two attached hydrogens (primary N) is 1. The summed E-state index contributed by atoms with van der Waals surface area (Å²) < 4.78 is 27.8. The predicted octanol–water partition coefficient (Wildman–Crippen LogP) is -5.63. The third-order valence-electron chi connectivity index (χ3n) is 8.24. The summed E-state index contributed by atoms with van der Waals surface area (Å²) >= 11 is 0. The minimum absolute atomic E-state index is 0.0496. The van der Waals surface area contributed by atoms with Gasteiger partial charge in [-0.15, -0.1) is 5.48 Å². The number of rotatable bonds is 23. The number of aliphatic hydroxyl groups excluding tert-OH is 4. The van der Waals surface area contributed by atoms with Crippen LogP contribution in [-0.2, 0) is 47.7 Å². The zero-order valence-corrected chi connectivity index (χ0v) is 27.4. The molecule has 21 heteroatoms. The van der Waals surface area contributed by atoms with E-state index < -0.39 is 124 Å². The number of carbonyl (C=O) groups excluding carboxylic acids is 1. The molecule has 0 aromatic rings. The lowest BCUT2D eigenvalue weighted by atomic mass is 9.85. The number of carbonyl (C=O) groups is 4. The van der Waals surface area contributed by atoms with Gasteiger partial charge in [0.25, 0.3) is 0 Å². The summed E-state index contributed by atoms with van der Waals surface area (Å²) in [5.74, 6) is -6.47. The van der Waals surface area contributed by atoms with Crippen LogP contribution in [0.15, 0.2) is 0 Å². The summed E-state index contributed by atoms with van der Waals surface area (Å²) in [6.45, 7) is -4.29. The van der Waals surface area contributed by atoms with E-state index in [9.17, 15) is 44.7 Å². The van der Waals surface area contributed by atoms with Crippen molar-refractivity contribution in [3.63, 3.8) is 0 Å². The molecule has 10 atom stereocenters. The number of ether oxygens (including phenoxy) is 5. The molecule has 0 aliphatic carbocycles. The first-order chi connectivity index (χ1) is 23.3. The molecule has 21 nitrogen and oxygen atoms in total. The minimum Gasteiger partial charge on any atom is -0.480 e. The molecule has 2 rings (SSSR count). The molecule has 0 aromatic carbocycles. The highest BCUT2D eigenvalue weighted by Gasteiger charge is 2.47. The first kappa shape index (κ1) is 42.5. The van der Waals surface area contributed by atoms with Crippen LogP contribution in [0.2, 0.25) is 0 Å². The van der Waals surface area contributed by atoms with Crippen LogP contribution < -0.4 is 11.2 Å². The summed E-state index contributed by atoms with van der Waals surface area (Å²) in [5, 5.41) is 69.3. The average molecular weight is 715 g/mol. The van der Waals surface area contributed by atoms with Crippen LogP contribution in [0.25, 0.3) is 0 Å². The van der Waals surface area contributed by atoms with E-state index in [4.69, 9.17) is 44.5 Å². The maximum atomic E-state index is 12.8. The van der Waals surface area contributed by atoms with Gasteiger partial charge < -0.3 is 70.0 Å². The molecule has 2 saturated heterocycles. The zero-order chi connectivity index (χ0) is 36.7. The second-order valence-electron chi connectivity index (χ2n) is 11.8. The van der Waals surface area contributed by atoms with Crippen LogP contribution >= 0.6 is 0 Å². The Kier molecular flexibility index (Phi) is 18.7. The highest BCUT2D eigenvalue weighted by atomic mass is 16.7. The van der Waals surface area contributed by atoms with Gasteiger partial charge in [-0.05, 0) is 0 Å². The van der Waals surface area contributed by atoms with Crippen LogP contribution in [-0.4, -0.2) is 211 Å². The maximum absolute atomic E-state index is 12.8. The van der Waals surface area contributed by atoms with Gasteiger partial charge in [0.2, 0.25) is 0 Å². The fourth-order valence-electron chi connectivity index (χ4n) is 5.78. The Morgan fingerprint density at radius 3 is 1.67 bits per heavy atom.